The van der Waals surface area contributed by atoms with Gasteiger partial charge in [0.1, 0.15) is 11.8 Å². The highest BCUT2D eigenvalue weighted by Gasteiger charge is 2.20. The summed E-state index contributed by atoms with van der Waals surface area (Å²) in [5.74, 6) is 1.56. The molecule has 1 aromatic rings. The lowest BCUT2D eigenvalue weighted by Crippen LogP contribution is -2.23. The fraction of sp³-hybridized carbons (Fsp3) is 0.562. The fourth-order valence-electron chi connectivity index (χ4n) is 1.97. The molecule has 1 atom stereocenters. The monoisotopic (exact) mass is 274 g/mol. The number of hydrogen-bond donors (Lipinski definition) is 1. The first kappa shape index (κ1) is 14.8. The van der Waals surface area contributed by atoms with E-state index in [0.717, 1.165) is 31.4 Å². The molecule has 0 heterocycles. The van der Waals surface area contributed by atoms with Gasteiger partial charge in [-0.25, -0.2) is 0 Å². The van der Waals surface area contributed by atoms with E-state index in [2.05, 4.69) is 12.2 Å². The van der Waals surface area contributed by atoms with Crippen molar-refractivity contribution in [1.82, 2.24) is 5.32 Å². The number of benzene rings is 1. The van der Waals surface area contributed by atoms with Crippen LogP contribution in [-0.4, -0.2) is 26.4 Å². The first-order chi connectivity index (χ1) is 9.79. The number of nitriles is 1. The lowest BCUT2D eigenvalue weighted by Gasteiger charge is -2.14. The number of hydrogen-bond acceptors (Lipinski definition) is 4. The summed E-state index contributed by atoms with van der Waals surface area (Å²) in [5.41, 5.74) is 1.21. The second kappa shape index (κ2) is 7.88. The summed E-state index contributed by atoms with van der Waals surface area (Å²) in [6, 6.07) is 10.1. The molecule has 4 nitrogen and oxygen atoms in total. The molecule has 0 aliphatic heterocycles. The van der Waals surface area contributed by atoms with E-state index in [0.29, 0.717) is 0 Å². The second-order valence-corrected chi connectivity index (χ2v) is 5.21. The third-order valence-electron chi connectivity index (χ3n) is 3.43. The lowest BCUT2D eigenvalue weighted by molar-refractivity contribution is 0.124. The molecule has 1 unspecified atom stereocenters. The molecule has 0 saturated heterocycles. The number of nitrogens with zero attached hydrogens (tertiary/aromatic N) is 1. The molecule has 0 amide bonds. The second-order valence-electron chi connectivity index (χ2n) is 5.21. The smallest absolute Gasteiger partial charge is 0.174 e. The van der Waals surface area contributed by atoms with Crippen LogP contribution >= 0.6 is 0 Å². The molecule has 0 aromatic heterocycles. The van der Waals surface area contributed by atoms with Gasteiger partial charge in [-0.2, -0.15) is 5.26 Å². The van der Waals surface area contributed by atoms with Crippen LogP contribution in [0.4, 0.5) is 0 Å². The van der Waals surface area contributed by atoms with E-state index in [1.54, 1.807) is 0 Å². The van der Waals surface area contributed by atoms with Gasteiger partial charge in [-0.3, -0.25) is 0 Å². The Hall–Kier alpha value is -1.57. The van der Waals surface area contributed by atoms with Gasteiger partial charge in [0.2, 0.25) is 0 Å². The van der Waals surface area contributed by atoms with Gasteiger partial charge in [0.15, 0.2) is 6.61 Å². The summed E-state index contributed by atoms with van der Waals surface area (Å²) in [4.78, 5) is 0. The van der Waals surface area contributed by atoms with E-state index in [-0.39, 0.29) is 12.6 Å². The Balaban J connectivity index is 1.65. The van der Waals surface area contributed by atoms with E-state index >= 15 is 0 Å². The van der Waals surface area contributed by atoms with E-state index < -0.39 is 0 Å². The summed E-state index contributed by atoms with van der Waals surface area (Å²) in [5, 5.41) is 11.9. The molecule has 1 N–H and O–H groups in total. The van der Waals surface area contributed by atoms with E-state index in [1.165, 1.54) is 18.4 Å². The van der Waals surface area contributed by atoms with Crippen molar-refractivity contribution < 1.29 is 9.47 Å². The Morgan fingerprint density at radius 2 is 2.10 bits per heavy atom. The standard InChI is InChI=1S/C16H22N2O2/c1-13(18-9-11-19-12-14-2-3-14)15-4-6-16(7-5-15)20-10-8-17/h4-7,13-14,18H,2-3,9-12H2,1H3. The molecule has 1 aliphatic rings. The predicted molar refractivity (Wildman–Crippen MR) is 77.5 cm³/mol. The summed E-state index contributed by atoms with van der Waals surface area (Å²) in [6.45, 7) is 4.77. The third-order valence-corrected chi connectivity index (χ3v) is 3.43. The quantitative estimate of drug-likeness (QED) is 0.703. The van der Waals surface area contributed by atoms with Gasteiger partial charge in [0.05, 0.1) is 6.61 Å². The Bertz CT molecular complexity index is 435. The molecular formula is C16H22N2O2. The summed E-state index contributed by atoms with van der Waals surface area (Å²) in [6.07, 6.45) is 2.67. The van der Waals surface area contributed by atoms with Crippen LogP contribution in [0.5, 0.6) is 5.75 Å². The largest absolute Gasteiger partial charge is 0.479 e. The molecule has 1 fully saturated rings. The third kappa shape index (κ3) is 5.20. The van der Waals surface area contributed by atoms with Crippen molar-refractivity contribution in [2.45, 2.75) is 25.8 Å². The van der Waals surface area contributed by atoms with Gasteiger partial charge in [-0.1, -0.05) is 12.1 Å². The van der Waals surface area contributed by atoms with Crippen molar-refractivity contribution in [3.8, 4) is 11.8 Å². The summed E-state index contributed by atoms with van der Waals surface area (Å²) >= 11 is 0. The zero-order chi connectivity index (χ0) is 14.2. The van der Waals surface area contributed by atoms with Gasteiger partial charge >= 0.3 is 0 Å². The van der Waals surface area contributed by atoms with Gasteiger partial charge in [0, 0.05) is 19.2 Å². The Labute approximate surface area is 120 Å². The Morgan fingerprint density at radius 3 is 2.75 bits per heavy atom. The number of rotatable bonds is 9. The summed E-state index contributed by atoms with van der Waals surface area (Å²) < 4.78 is 10.8. The molecule has 1 aromatic carbocycles. The van der Waals surface area contributed by atoms with Crippen molar-refractivity contribution in [3.63, 3.8) is 0 Å². The van der Waals surface area contributed by atoms with Gasteiger partial charge in [0.25, 0.3) is 0 Å². The number of nitrogens with one attached hydrogen (secondary N) is 1. The van der Waals surface area contributed by atoms with Crippen LogP contribution < -0.4 is 10.1 Å². The van der Waals surface area contributed by atoms with E-state index in [4.69, 9.17) is 14.7 Å². The van der Waals surface area contributed by atoms with Crippen LogP contribution in [0, 0.1) is 17.2 Å². The van der Waals surface area contributed by atoms with Crippen molar-refractivity contribution in [2.24, 2.45) is 5.92 Å². The minimum atomic E-state index is 0.0888. The van der Waals surface area contributed by atoms with E-state index in [1.807, 2.05) is 30.3 Å². The highest BCUT2D eigenvalue weighted by molar-refractivity contribution is 5.29. The number of ether oxygens (including phenoxy) is 2. The van der Waals surface area contributed by atoms with Crippen molar-refractivity contribution >= 4 is 0 Å². The molecule has 20 heavy (non-hydrogen) atoms. The minimum absolute atomic E-state index is 0.0888. The Kier molecular flexibility index (Phi) is 5.85. The molecular weight excluding hydrogens is 252 g/mol. The predicted octanol–water partition coefficient (Wildman–Crippen LogP) is 2.67. The van der Waals surface area contributed by atoms with Crippen molar-refractivity contribution in [1.29, 1.82) is 5.26 Å². The molecule has 0 radical (unpaired) electrons. The molecule has 1 saturated carbocycles. The van der Waals surface area contributed by atoms with Crippen LogP contribution in [-0.2, 0) is 4.74 Å². The molecule has 108 valence electrons. The molecule has 2 rings (SSSR count). The summed E-state index contributed by atoms with van der Waals surface area (Å²) in [7, 11) is 0. The van der Waals surface area contributed by atoms with Crippen LogP contribution in [0.15, 0.2) is 24.3 Å². The fourth-order valence-corrected chi connectivity index (χ4v) is 1.97. The average Bonchev–Trinajstić information content (AvgIpc) is 3.29. The zero-order valence-electron chi connectivity index (χ0n) is 12.0. The topological polar surface area (TPSA) is 54.3 Å². The van der Waals surface area contributed by atoms with E-state index in [9.17, 15) is 0 Å². The molecule has 1 aliphatic carbocycles. The minimum Gasteiger partial charge on any atom is -0.479 e. The Morgan fingerprint density at radius 1 is 1.35 bits per heavy atom. The lowest BCUT2D eigenvalue weighted by atomic mass is 10.1. The van der Waals surface area contributed by atoms with Crippen LogP contribution in [0.3, 0.4) is 0 Å². The average molecular weight is 274 g/mol. The highest BCUT2D eigenvalue weighted by atomic mass is 16.5. The van der Waals surface area contributed by atoms with Crippen LogP contribution in [0.25, 0.3) is 0 Å². The normalized spacial score (nSPS) is 15.6. The maximum Gasteiger partial charge on any atom is 0.174 e. The maximum atomic E-state index is 8.45. The highest BCUT2D eigenvalue weighted by Crippen LogP contribution is 2.28. The first-order valence-electron chi connectivity index (χ1n) is 7.20. The van der Waals surface area contributed by atoms with Gasteiger partial charge in [-0.15, -0.1) is 0 Å². The van der Waals surface area contributed by atoms with Crippen LogP contribution in [0.2, 0.25) is 0 Å². The molecule has 0 bridgehead atoms. The molecule has 0 spiro atoms. The van der Waals surface area contributed by atoms with Crippen molar-refractivity contribution in [3.05, 3.63) is 29.8 Å². The van der Waals surface area contributed by atoms with Crippen LogP contribution in [0.1, 0.15) is 31.4 Å². The van der Waals surface area contributed by atoms with Crippen molar-refractivity contribution in [2.75, 3.05) is 26.4 Å². The zero-order valence-corrected chi connectivity index (χ0v) is 12.0. The van der Waals surface area contributed by atoms with Gasteiger partial charge in [-0.05, 0) is 43.4 Å². The van der Waals surface area contributed by atoms with Gasteiger partial charge < -0.3 is 14.8 Å². The first-order valence-corrected chi connectivity index (χ1v) is 7.20. The maximum absolute atomic E-state index is 8.45. The SMILES string of the molecule is CC(NCCOCC1CC1)c1ccc(OCC#N)cc1. The molecule has 4 heteroatoms.